The zero-order valence-corrected chi connectivity index (χ0v) is 7.00. The van der Waals surface area contributed by atoms with Crippen LogP contribution in [0.15, 0.2) is 12.2 Å². The molecule has 0 radical (unpaired) electrons. The van der Waals surface area contributed by atoms with E-state index in [2.05, 4.69) is 0 Å². The van der Waals surface area contributed by atoms with Crippen molar-refractivity contribution in [3.63, 3.8) is 0 Å². The van der Waals surface area contributed by atoms with Gasteiger partial charge in [0.1, 0.15) is 0 Å². The molecule has 0 heterocycles. The maximum Gasteiger partial charge on any atom is 0.310 e. The van der Waals surface area contributed by atoms with Gasteiger partial charge in [-0.3, -0.25) is 4.79 Å². The van der Waals surface area contributed by atoms with Gasteiger partial charge in [-0.1, -0.05) is 26.0 Å². The molecule has 0 saturated carbocycles. The Morgan fingerprint density at radius 2 is 1.91 bits per heavy atom. The normalized spacial score (nSPS) is 21.0. The Bertz CT molecular complexity index is 184. The minimum atomic E-state index is -0.655. The number of aliphatic carboxylic acids is 1. The summed E-state index contributed by atoms with van der Waals surface area (Å²) in [4.78, 5) is 10.9. The highest BCUT2D eigenvalue weighted by molar-refractivity contribution is 5.76. The Labute approximate surface area is 66.9 Å². The third-order valence-electron chi connectivity index (χ3n) is 2.66. The molecule has 0 aromatic rings. The lowest BCUT2D eigenvalue weighted by Gasteiger charge is -2.27. The maximum atomic E-state index is 10.9. The van der Waals surface area contributed by atoms with Crippen LogP contribution in [0.25, 0.3) is 0 Å². The molecule has 0 amide bonds. The Kier molecular flexibility index (Phi) is 2.03. The highest BCUT2D eigenvalue weighted by atomic mass is 16.4. The molecule has 1 N–H and O–H groups in total. The molecule has 11 heavy (non-hydrogen) atoms. The van der Waals surface area contributed by atoms with Gasteiger partial charge in [-0.25, -0.2) is 0 Å². The molecule has 1 aliphatic carbocycles. The molecule has 0 unspecified atom stereocenters. The summed E-state index contributed by atoms with van der Waals surface area (Å²) in [5.41, 5.74) is -0.500. The smallest absolute Gasteiger partial charge is 0.310 e. The molecule has 0 bridgehead atoms. The Hall–Kier alpha value is -0.790. The van der Waals surface area contributed by atoms with Crippen molar-refractivity contribution in [1.29, 1.82) is 0 Å². The standard InChI is InChI=1S/C9H14O2/c1-7(2)9(8(10)11)5-3-4-6-9/h3-4,7H,5-6H2,1-2H3,(H,10,11). The second-order valence-corrected chi connectivity index (χ2v) is 3.50. The Balaban J connectivity index is 2.81. The minimum Gasteiger partial charge on any atom is -0.481 e. The van der Waals surface area contributed by atoms with Crippen LogP contribution >= 0.6 is 0 Å². The van der Waals surface area contributed by atoms with Crippen LogP contribution in [0.2, 0.25) is 0 Å². The summed E-state index contributed by atoms with van der Waals surface area (Å²) in [6.07, 6.45) is 5.32. The SMILES string of the molecule is CC(C)C1(C(=O)O)CC=CC1. The zero-order chi connectivity index (χ0) is 8.48. The summed E-state index contributed by atoms with van der Waals surface area (Å²) < 4.78 is 0. The van der Waals surface area contributed by atoms with Crippen molar-refractivity contribution in [3.05, 3.63) is 12.2 Å². The van der Waals surface area contributed by atoms with Crippen LogP contribution in [0.1, 0.15) is 26.7 Å². The van der Waals surface area contributed by atoms with Crippen LogP contribution in [0.4, 0.5) is 0 Å². The van der Waals surface area contributed by atoms with E-state index in [1.807, 2.05) is 26.0 Å². The van der Waals surface area contributed by atoms with Crippen LogP contribution < -0.4 is 0 Å². The molecule has 62 valence electrons. The summed E-state index contributed by atoms with van der Waals surface area (Å²) >= 11 is 0. The van der Waals surface area contributed by atoms with E-state index >= 15 is 0 Å². The highest BCUT2D eigenvalue weighted by Crippen LogP contribution is 2.40. The predicted octanol–water partition coefficient (Wildman–Crippen LogP) is 2.06. The fraction of sp³-hybridized carbons (Fsp3) is 0.667. The summed E-state index contributed by atoms with van der Waals surface area (Å²) in [6.45, 7) is 3.95. The number of carboxylic acid groups (broad SMARTS) is 1. The molecule has 1 aliphatic rings. The third-order valence-corrected chi connectivity index (χ3v) is 2.66. The van der Waals surface area contributed by atoms with Crippen molar-refractivity contribution in [2.75, 3.05) is 0 Å². The van der Waals surface area contributed by atoms with Gasteiger partial charge in [0.15, 0.2) is 0 Å². The summed E-state index contributed by atoms with van der Waals surface area (Å²) in [6, 6.07) is 0. The van der Waals surface area contributed by atoms with Crippen molar-refractivity contribution in [2.45, 2.75) is 26.7 Å². The van der Waals surface area contributed by atoms with E-state index in [1.54, 1.807) is 0 Å². The largest absolute Gasteiger partial charge is 0.481 e. The number of hydrogen-bond acceptors (Lipinski definition) is 1. The van der Waals surface area contributed by atoms with Gasteiger partial charge in [0.05, 0.1) is 5.41 Å². The van der Waals surface area contributed by atoms with E-state index in [0.29, 0.717) is 12.8 Å². The fourth-order valence-corrected chi connectivity index (χ4v) is 1.56. The lowest BCUT2D eigenvalue weighted by Crippen LogP contribution is -2.33. The second kappa shape index (κ2) is 2.68. The van der Waals surface area contributed by atoms with Crippen molar-refractivity contribution in [3.8, 4) is 0 Å². The van der Waals surface area contributed by atoms with Crippen LogP contribution in [0, 0.1) is 11.3 Å². The Morgan fingerprint density at radius 1 is 1.45 bits per heavy atom. The third kappa shape index (κ3) is 1.17. The molecule has 0 atom stereocenters. The first kappa shape index (κ1) is 8.31. The summed E-state index contributed by atoms with van der Waals surface area (Å²) in [5, 5.41) is 8.99. The van der Waals surface area contributed by atoms with E-state index < -0.39 is 11.4 Å². The average molecular weight is 154 g/mol. The van der Waals surface area contributed by atoms with Crippen LogP contribution in [-0.2, 0) is 4.79 Å². The maximum absolute atomic E-state index is 10.9. The van der Waals surface area contributed by atoms with Crippen LogP contribution in [0.3, 0.4) is 0 Å². The van der Waals surface area contributed by atoms with Gasteiger partial charge in [-0.2, -0.15) is 0 Å². The lowest BCUT2D eigenvalue weighted by atomic mass is 9.75. The van der Waals surface area contributed by atoms with E-state index in [0.717, 1.165) is 0 Å². The lowest BCUT2D eigenvalue weighted by molar-refractivity contribution is -0.151. The Morgan fingerprint density at radius 3 is 2.09 bits per heavy atom. The zero-order valence-electron chi connectivity index (χ0n) is 7.00. The summed E-state index contributed by atoms with van der Waals surface area (Å²) in [5.74, 6) is -0.438. The number of allylic oxidation sites excluding steroid dienone is 2. The van der Waals surface area contributed by atoms with E-state index in [1.165, 1.54) is 0 Å². The van der Waals surface area contributed by atoms with E-state index in [9.17, 15) is 4.79 Å². The number of carboxylic acids is 1. The topological polar surface area (TPSA) is 37.3 Å². The molecule has 0 aromatic heterocycles. The van der Waals surface area contributed by atoms with Gasteiger partial charge in [0.2, 0.25) is 0 Å². The van der Waals surface area contributed by atoms with Gasteiger partial charge in [0.25, 0.3) is 0 Å². The van der Waals surface area contributed by atoms with Crippen LogP contribution in [-0.4, -0.2) is 11.1 Å². The predicted molar refractivity (Wildman–Crippen MR) is 43.3 cm³/mol. The minimum absolute atomic E-state index is 0.218. The van der Waals surface area contributed by atoms with Gasteiger partial charge >= 0.3 is 5.97 Å². The van der Waals surface area contributed by atoms with Crippen molar-refractivity contribution in [2.24, 2.45) is 11.3 Å². The number of hydrogen-bond donors (Lipinski definition) is 1. The van der Waals surface area contributed by atoms with Gasteiger partial charge in [-0.05, 0) is 18.8 Å². The van der Waals surface area contributed by atoms with Crippen LogP contribution in [0.5, 0.6) is 0 Å². The first-order chi connectivity index (χ1) is 5.09. The fourth-order valence-electron chi connectivity index (χ4n) is 1.56. The summed E-state index contributed by atoms with van der Waals surface area (Å²) in [7, 11) is 0. The molecule has 0 saturated heterocycles. The molecular weight excluding hydrogens is 140 g/mol. The molecule has 0 fully saturated rings. The highest BCUT2D eigenvalue weighted by Gasteiger charge is 2.41. The number of rotatable bonds is 2. The monoisotopic (exact) mass is 154 g/mol. The molecule has 0 spiro atoms. The van der Waals surface area contributed by atoms with Gasteiger partial charge in [-0.15, -0.1) is 0 Å². The van der Waals surface area contributed by atoms with Gasteiger partial charge in [0, 0.05) is 0 Å². The van der Waals surface area contributed by atoms with E-state index in [-0.39, 0.29) is 5.92 Å². The molecular formula is C9H14O2. The van der Waals surface area contributed by atoms with Crippen molar-refractivity contribution in [1.82, 2.24) is 0 Å². The first-order valence-corrected chi connectivity index (χ1v) is 3.98. The number of carbonyl (C=O) groups is 1. The van der Waals surface area contributed by atoms with Crippen molar-refractivity contribution >= 4 is 5.97 Å². The quantitative estimate of drug-likeness (QED) is 0.618. The molecule has 1 rings (SSSR count). The molecule has 2 nitrogen and oxygen atoms in total. The van der Waals surface area contributed by atoms with Gasteiger partial charge < -0.3 is 5.11 Å². The van der Waals surface area contributed by atoms with E-state index in [4.69, 9.17) is 5.11 Å². The second-order valence-electron chi connectivity index (χ2n) is 3.50. The molecule has 0 aliphatic heterocycles. The first-order valence-electron chi connectivity index (χ1n) is 3.98. The molecule has 2 heteroatoms. The molecule has 0 aromatic carbocycles. The van der Waals surface area contributed by atoms with Crippen molar-refractivity contribution < 1.29 is 9.90 Å². The average Bonchev–Trinajstić information content (AvgIpc) is 2.34.